The maximum atomic E-state index is 14.6. The van der Waals surface area contributed by atoms with Crippen molar-refractivity contribution in [3.63, 3.8) is 0 Å². The van der Waals surface area contributed by atoms with Crippen LogP contribution in [0.2, 0.25) is 5.02 Å². The lowest BCUT2D eigenvalue weighted by atomic mass is 10.0. The molecule has 0 saturated heterocycles. The first-order chi connectivity index (χ1) is 15.1. The zero-order valence-corrected chi connectivity index (χ0v) is 18.5. The molecule has 4 nitrogen and oxygen atoms in total. The molecule has 0 radical (unpaired) electrons. The molecule has 33 heavy (non-hydrogen) atoms. The molecular formula is C20H15ClF7NO3S. The summed E-state index contributed by atoms with van der Waals surface area (Å²) >= 11 is 5.87. The number of ether oxygens (including phenoxy) is 1. The Kier molecular flexibility index (Phi) is 8.28. The molecule has 2 aromatic rings. The minimum atomic E-state index is -5.46. The van der Waals surface area contributed by atoms with E-state index in [9.17, 15) is 40.3 Å². The van der Waals surface area contributed by atoms with Crippen LogP contribution in [-0.2, 0) is 16.1 Å². The number of esters is 1. The molecule has 0 N–H and O–H groups in total. The van der Waals surface area contributed by atoms with Crippen LogP contribution in [0.5, 0.6) is 0 Å². The molecule has 0 aromatic heterocycles. The smallest absolute Gasteiger partial charge is 0.465 e. The highest BCUT2D eigenvalue weighted by atomic mass is 35.5. The van der Waals surface area contributed by atoms with Gasteiger partial charge in [0.2, 0.25) is 0 Å². The lowest BCUT2D eigenvalue weighted by molar-refractivity contribution is -0.170. The van der Waals surface area contributed by atoms with Crippen molar-refractivity contribution in [3.05, 3.63) is 57.9 Å². The van der Waals surface area contributed by atoms with E-state index in [0.29, 0.717) is 17.7 Å². The van der Waals surface area contributed by atoms with Crippen LogP contribution in [0.25, 0.3) is 0 Å². The number of carbonyl (C=O) groups excluding carboxylic acids is 2. The number of alkyl halides is 6. The van der Waals surface area contributed by atoms with Gasteiger partial charge in [0.25, 0.3) is 0 Å². The van der Waals surface area contributed by atoms with Gasteiger partial charge in [-0.15, -0.1) is 11.8 Å². The molecule has 0 bridgehead atoms. The van der Waals surface area contributed by atoms with Gasteiger partial charge in [-0.05, 0) is 30.7 Å². The van der Waals surface area contributed by atoms with Gasteiger partial charge in [0.15, 0.2) is 0 Å². The number of hydrogen-bond acceptors (Lipinski definition) is 4. The van der Waals surface area contributed by atoms with E-state index in [1.165, 1.54) is 18.2 Å². The Morgan fingerprint density at radius 2 is 1.73 bits per heavy atom. The SMILES string of the molecule is COC(=O)c1cc(C)ccc1CN(C(=O)C(F)(F)F)c1cc(SCC(F)(F)F)c(Cl)cc1F. The Morgan fingerprint density at radius 1 is 1.09 bits per heavy atom. The first-order valence-electron chi connectivity index (χ1n) is 8.89. The summed E-state index contributed by atoms with van der Waals surface area (Å²) < 4.78 is 96.9. The lowest BCUT2D eigenvalue weighted by Gasteiger charge is -2.26. The third-order valence-electron chi connectivity index (χ3n) is 4.17. The quantitative estimate of drug-likeness (QED) is 0.255. The largest absolute Gasteiger partial charge is 0.471 e. The highest BCUT2D eigenvalue weighted by Gasteiger charge is 2.44. The highest BCUT2D eigenvalue weighted by Crippen LogP contribution is 2.38. The fourth-order valence-corrected chi connectivity index (χ4v) is 3.74. The Balaban J connectivity index is 2.61. The third kappa shape index (κ3) is 7.00. The van der Waals surface area contributed by atoms with Crippen molar-refractivity contribution in [3.8, 4) is 0 Å². The second kappa shape index (κ2) is 10.2. The van der Waals surface area contributed by atoms with E-state index >= 15 is 0 Å². The van der Waals surface area contributed by atoms with Crippen molar-refractivity contribution in [2.75, 3.05) is 17.8 Å². The van der Waals surface area contributed by atoms with Gasteiger partial charge >= 0.3 is 24.2 Å². The molecule has 0 heterocycles. The van der Waals surface area contributed by atoms with Crippen LogP contribution in [0.1, 0.15) is 21.5 Å². The first kappa shape index (κ1) is 26.8. The predicted octanol–water partition coefficient (Wildman–Crippen LogP) is 6.32. The van der Waals surface area contributed by atoms with Gasteiger partial charge in [-0.2, -0.15) is 26.3 Å². The summed E-state index contributed by atoms with van der Waals surface area (Å²) in [5.74, 6) is -6.23. The average Bonchev–Trinajstić information content (AvgIpc) is 2.70. The molecule has 0 saturated carbocycles. The molecule has 2 aromatic carbocycles. The summed E-state index contributed by atoms with van der Waals surface area (Å²) in [4.78, 5) is 23.8. The molecule has 180 valence electrons. The number of carbonyl (C=O) groups is 2. The Morgan fingerprint density at radius 3 is 2.27 bits per heavy atom. The number of hydrogen-bond donors (Lipinski definition) is 0. The average molecular weight is 518 g/mol. The van der Waals surface area contributed by atoms with Crippen LogP contribution in [0, 0.1) is 12.7 Å². The number of benzene rings is 2. The second-order valence-corrected chi connectivity index (χ2v) is 8.10. The molecule has 2 rings (SSSR count). The van der Waals surface area contributed by atoms with Gasteiger partial charge in [-0.3, -0.25) is 9.69 Å². The van der Waals surface area contributed by atoms with Gasteiger partial charge in [-0.1, -0.05) is 29.3 Å². The molecular weight excluding hydrogens is 503 g/mol. The molecule has 13 heteroatoms. The molecule has 0 aliphatic heterocycles. The van der Waals surface area contributed by atoms with Gasteiger partial charge < -0.3 is 4.74 Å². The normalized spacial score (nSPS) is 11.9. The monoisotopic (exact) mass is 517 g/mol. The Hall–Kier alpha value is -2.47. The lowest BCUT2D eigenvalue weighted by Crippen LogP contribution is -2.41. The zero-order valence-electron chi connectivity index (χ0n) is 16.9. The fourth-order valence-electron chi connectivity index (χ4n) is 2.71. The maximum absolute atomic E-state index is 14.6. The number of rotatable bonds is 6. The van der Waals surface area contributed by atoms with Crippen molar-refractivity contribution < 1.29 is 45.1 Å². The molecule has 0 unspecified atom stereocenters. The minimum absolute atomic E-state index is 0.0135. The van der Waals surface area contributed by atoms with E-state index in [1.54, 1.807) is 6.92 Å². The van der Waals surface area contributed by atoms with Crippen molar-refractivity contribution in [2.24, 2.45) is 0 Å². The van der Waals surface area contributed by atoms with E-state index in [1.807, 2.05) is 0 Å². The molecule has 0 aliphatic carbocycles. The zero-order chi connectivity index (χ0) is 25.1. The van der Waals surface area contributed by atoms with E-state index in [-0.39, 0.29) is 32.7 Å². The number of methoxy groups -OCH3 is 1. The number of aryl methyl sites for hydroxylation is 1. The van der Waals surface area contributed by atoms with Crippen LogP contribution in [0.15, 0.2) is 35.2 Å². The van der Waals surface area contributed by atoms with Crippen LogP contribution in [-0.4, -0.2) is 37.1 Å². The Labute approximate surface area is 192 Å². The minimum Gasteiger partial charge on any atom is -0.465 e. The van der Waals surface area contributed by atoms with Crippen LogP contribution in [0.4, 0.5) is 36.4 Å². The number of amides is 1. The molecule has 1 amide bonds. The van der Waals surface area contributed by atoms with E-state index in [0.717, 1.165) is 7.11 Å². The van der Waals surface area contributed by atoms with E-state index in [4.69, 9.17) is 11.6 Å². The number of nitrogens with zero attached hydrogens (tertiary/aromatic N) is 1. The predicted molar refractivity (Wildman–Crippen MR) is 108 cm³/mol. The Bertz CT molecular complexity index is 1060. The van der Waals surface area contributed by atoms with Crippen LogP contribution in [0.3, 0.4) is 0 Å². The standard InChI is InChI=1S/C20H15ClF7NO3S/c1-10-3-4-11(12(5-10)17(30)32-2)8-29(18(31)20(26,27)28)15-7-16(13(21)6-14(15)22)33-9-19(23,24)25/h3-7H,8-9H2,1-2H3. The summed E-state index contributed by atoms with van der Waals surface area (Å²) in [7, 11) is 1.04. The van der Waals surface area contributed by atoms with Gasteiger partial charge in [0, 0.05) is 4.90 Å². The van der Waals surface area contributed by atoms with Gasteiger partial charge in [0.05, 0.1) is 35.7 Å². The third-order valence-corrected chi connectivity index (χ3v) is 5.72. The summed E-state index contributed by atoms with van der Waals surface area (Å²) in [6.45, 7) is 0.669. The van der Waals surface area contributed by atoms with Crippen molar-refractivity contribution in [1.29, 1.82) is 0 Å². The number of halogens is 8. The maximum Gasteiger partial charge on any atom is 0.471 e. The van der Waals surface area contributed by atoms with Gasteiger partial charge in [0.1, 0.15) is 5.82 Å². The topological polar surface area (TPSA) is 46.6 Å². The highest BCUT2D eigenvalue weighted by molar-refractivity contribution is 7.99. The van der Waals surface area contributed by atoms with Crippen molar-refractivity contribution >= 4 is 40.9 Å². The fraction of sp³-hybridized carbons (Fsp3) is 0.300. The summed E-state index contributed by atoms with van der Waals surface area (Å²) in [5.41, 5.74) is -0.679. The number of anilines is 1. The second-order valence-electron chi connectivity index (χ2n) is 6.68. The summed E-state index contributed by atoms with van der Waals surface area (Å²) in [6.07, 6.45) is -10.1. The van der Waals surface area contributed by atoms with E-state index in [2.05, 4.69) is 4.74 Å². The van der Waals surface area contributed by atoms with Crippen LogP contribution >= 0.6 is 23.4 Å². The first-order valence-corrected chi connectivity index (χ1v) is 10.3. The van der Waals surface area contributed by atoms with Crippen molar-refractivity contribution in [2.45, 2.75) is 30.7 Å². The van der Waals surface area contributed by atoms with Gasteiger partial charge in [-0.25, -0.2) is 9.18 Å². The molecule has 0 atom stereocenters. The molecule has 0 aliphatic rings. The molecule has 0 spiro atoms. The summed E-state index contributed by atoms with van der Waals surface area (Å²) in [6, 6.07) is 5.15. The van der Waals surface area contributed by atoms with Crippen molar-refractivity contribution in [1.82, 2.24) is 0 Å². The summed E-state index contributed by atoms with van der Waals surface area (Å²) in [5, 5.41) is -0.476. The number of thioether (sulfide) groups is 1. The van der Waals surface area contributed by atoms with Crippen LogP contribution < -0.4 is 4.90 Å². The molecule has 0 fully saturated rings. The van der Waals surface area contributed by atoms with E-state index < -0.39 is 53.1 Å².